The molecule has 1 aliphatic rings. The first kappa shape index (κ1) is 21.6. The molecule has 1 fully saturated rings. The fourth-order valence-corrected chi connectivity index (χ4v) is 5.16. The molecule has 0 saturated carbocycles. The summed E-state index contributed by atoms with van der Waals surface area (Å²) in [4.78, 5) is 22.5. The van der Waals surface area contributed by atoms with E-state index >= 15 is 0 Å². The molecule has 31 heavy (non-hydrogen) atoms. The topological polar surface area (TPSA) is 75.5 Å². The first-order valence-corrected chi connectivity index (χ1v) is 11.2. The Bertz CT molecular complexity index is 1060. The molecule has 0 atom stereocenters. The van der Waals surface area contributed by atoms with Gasteiger partial charge in [-0.25, -0.2) is 9.97 Å². The van der Waals surface area contributed by atoms with Crippen LogP contribution in [0.3, 0.4) is 0 Å². The Labute approximate surface area is 184 Å². The number of rotatable bonds is 6. The molecule has 1 N–H and O–H groups in total. The number of carboxylic acid groups (broad SMARTS) is 1. The molecule has 0 amide bonds. The quantitative estimate of drug-likeness (QED) is 0.550. The summed E-state index contributed by atoms with van der Waals surface area (Å²) < 4.78 is 45.2. The van der Waals surface area contributed by atoms with Crippen LogP contribution < -0.4 is 9.64 Å². The molecule has 3 aromatic rings. The summed E-state index contributed by atoms with van der Waals surface area (Å²) in [6.07, 6.45) is -1.98. The number of carboxylic acids is 1. The van der Waals surface area contributed by atoms with Gasteiger partial charge in [-0.1, -0.05) is 23.5 Å². The van der Waals surface area contributed by atoms with E-state index in [4.69, 9.17) is 9.84 Å². The zero-order valence-electron chi connectivity index (χ0n) is 16.1. The van der Waals surface area contributed by atoms with Crippen LogP contribution >= 0.6 is 22.7 Å². The number of halogens is 3. The summed E-state index contributed by atoms with van der Waals surface area (Å²) in [6.45, 7) is 1.24. The molecule has 2 aromatic heterocycles. The number of alkyl halides is 3. The summed E-state index contributed by atoms with van der Waals surface area (Å²) in [6, 6.07) is 5.28. The van der Waals surface area contributed by atoms with Gasteiger partial charge in [0.2, 0.25) is 0 Å². The van der Waals surface area contributed by atoms with Crippen LogP contribution in [-0.4, -0.2) is 40.2 Å². The molecule has 6 nitrogen and oxygen atoms in total. The van der Waals surface area contributed by atoms with Crippen LogP contribution in [0.4, 0.5) is 18.3 Å². The second kappa shape index (κ2) is 8.83. The normalized spacial score (nSPS) is 15.3. The fourth-order valence-electron chi connectivity index (χ4n) is 3.31. The Morgan fingerprint density at radius 2 is 2.00 bits per heavy atom. The summed E-state index contributed by atoms with van der Waals surface area (Å²) in [7, 11) is 0. The first-order valence-electron chi connectivity index (χ1n) is 9.50. The van der Waals surface area contributed by atoms with Crippen LogP contribution in [0.5, 0.6) is 5.75 Å². The number of nitrogens with zero attached hydrogens (tertiary/aromatic N) is 3. The monoisotopic (exact) mass is 469 g/mol. The first-order chi connectivity index (χ1) is 14.8. The average Bonchev–Trinajstić information content (AvgIpc) is 3.37. The number of carbonyl (C=O) groups is 1. The molecule has 164 valence electrons. The largest absolute Gasteiger partial charge is 0.490 e. The van der Waals surface area contributed by atoms with E-state index in [0.29, 0.717) is 31.6 Å². The molecular formula is C20H18F3N3O3S2. The third kappa shape index (κ3) is 5.16. The van der Waals surface area contributed by atoms with E-state index in [-0.39, 0.29) is 18.3 Å². The molecule has 0 radical (unpaired) electrons. The number of hydrogen-bond donors (Lipinski definition) is 1. The van der Waals surface area contributed by atoms with Crippen LogP contribution in [0, 0.1) is 0 Å². The van der Waals surface area contributed by atoms with E-state index in [1.54, 1.807) is 11.6 Å². The highest BCUT2D eigenvalue weighted by molar-refractivity contribution is 7.23. The molecule has 0 aliphatic carbocycles. The lowest BCUT2D eigenvalue weighted by Gasteiger charge is -2.32. The van der Waals surface area contributed by atoms with Gasteiger partial charge in [0.1, 0.15) is 16.9 Å². The maximum absolute atomic E-state index is 13.2. The van der Waals surface area contributed by atoms with Gasteiger partial charge in [-0.15, -0.1) is 11.3 Å². The van der Waals surface area contributed by atoms with Gasteiger partial charge >= 0.3 is 12.1 Å². The highest BCUT2D eigenvalue weighted by Gasteiger charge is 2.35. The van der Waals surface area contributed by atoms with Gasteiger partial charge in [-0.2, -0.15) is 13.2 Å². The predicted octanol–water partition coefficient (Wildman–Crippen LogP) is 4.96. The number of thiazole rings is 2. The molecule has 1 saturated heterocycles. The average molecular weight is 470 g/mol. The highest BCUT2D eigenvalue weighted by atomic mass is 32.1. The lowest BCUT2D eigenvalue weighted by Crippen LogP contribution is -2.38. The zero-order valence-corrected chi connectivity index (χ0v) is 17.8. The number of aromatic nitrogens is 2. The molecule has 0 bridgehead atoms. The van der Waals surface area contributed by atoms with Crippen LogP contribution in [0.2, 0.25) is 0 Å². The van der Waals surface area contributed by atoms with E-state index in [2.05, 4.69) is 14.9 Å². The summed E-state index contributed by atoms with van der Waals surface area (Å²) in [5.74, 6) is -1.06. The molecular weight excluding hydrogens is 451 g/mol. The lowest BCUT2D eigenvalue weighted by atomic mass is 10.1. The van der Waals surface area contributed by atoms with Crippen LogP contribution in [-0.2, 0) is 17.4 Å². The van der Waals surface area contributed by atoms with Gasteiger partial charge in [0.25, 0.3) is 0 Å². The number of para-hydroxylation sites is 1. The number of benzene rings is 1. The van der Waals surface area contributed by atoms with Crippen molar-refractivity contribution in [1.82, 2.24) is 9.97 Å². The van der Waals surface area contributed by atoms with E-state index in [1.807, 2.05) is 0 Å². The Hall–Kier alpha value is -2.66. The SMILES string of the molecule is O=C(O)Cc1csc(-c2cnc(N3CCC(Oc4ccccc4C(F)(F)F)CC3)s2)n1. The number of aliphatic carboxylic acids is 1. The van der Waals surface area contributed by atoms with Crippen molar-refractivity contribution in [2.45, 2.75) is 31.5 Å². The van der Waals surface area contributed by atoms with Crippen LogP contribution in [0.1, 0.15) is 24.1 Å². The molecule has 0 unspecified atom stereocenters. The van der Waals surface area contributed by atoms with Crippen molar-refractivity contribution in [2.24, 2.45) is 0 Å². The number of hydrogen-bond acceptors (Lipinski definition) is 7. The Morgan fingerprint density at radius 3 is 2.71 bits per heavy atom. The Balaban J connectivity index is 1.37. The molecule has 11 heteroatoms. The van der Waals surface area contributed by atoms with Crippen LogP contribution in [0.25, 0.3) is 9.88 Å². The lowest BCUT2D eigenvalue weighted by molar-refractivity contribution is -0.139. The zero-order chi connectivity index (χ0) is 22.0. The molecule has 0 spiro atoms. The maximum atomic E-state index is 13.2. The minimum atomic E-state index is -4.45. The van der Waals surface area contributed by atoms with E-state index < -0.39 is 17.7 Å². The maximum Gasteiger partial charge on any atom is 0.419 e. The van der Waals surface area contributed by atoms with Gasteiger partial charge < -0.3 is 14.7 Å². The minimum Gasteiger partial charge on any atom is -0.490 e. The van der Waals surface area contributed by atoms with Gasteiger partial charge in [-0.3, -0.25) is 4.79 Å². The smallest absolute Gasteiger partial charge is 0.419 e. The van der Waals surface area contributed by atoms with E-state index in [9.17, 15) is 18.0 Å². The van der Waals surface area contributed by atoms with Crippen molar-refractivity contribution >= 4 is 33.8 Å². The molecule has 3 heterocycles. The third-order valence-electron chi connectivity index (χ3n) is 4.79. The minimum absolute atomic E-state index is 0.118. The van der Waals surface area contributed by atoms with Gasteiger partial charge in [0, 0.05) is 31.3 Å². The summed E-state index contributed by atoms with van der Waals surface area (Å²) in [5.41, 5.74) is -0.243. The highest BCUT2D eigenvalue weighted by Crippen LogP contribution is 2.38. The standard InChI is InChI=1S/C20H18F3N3O3S2/c21-20(22,23)14-3-1-2-4-15(14)29-13-5-7-26(8-6-13)19-24-10-16(31-19)18-25-12(11-30-18)9-17(27)28/h1-4,10-11,13H,5-9H2,(H,27,28). The Morgan fingerprint density at radius 1 is 1.26 bits per heavy atom. The molecule has 1 aromatic carbocycles. The van der Waals surface area contributed by atoms with Crippen molar-refractivity contribution in [3.8, 4) is 15.6 Å². The number of piperidine rings is 1. The van der Waals surface area contributed by atoms with E-state index in [0.717, 1.165) is 21.1 Å². The third-order valence-corrected chi connectivity index (χ3v) is 6.91. The van der Waals surface area contributed by atoms with Crippen molar-refractivity contribution in [3.05, 3.63) is 47.1 Å². The molecule has 4 rings (SSSR count). The van der Waals surface area contributed by atoms with Crippen LogP contribution in [0.15, 0.2) is 35.8 Å². The molecule has 1 aliphatic heterocycles. The summed E-state index contributed by atoms with van der Waals surface area (Å²) >= 11 is 2.84. The van der Waals surface area contributed by atoms with Gasteiger partial charge in [0.15, 0.2) is 5.13 Å². The van der Waals surface area contributed by atoms with E-state index in [1.165, 1.54) is 40.9 Å². The van der Waals surface area contributed by atoms with Crippen molar-refractivity contribution in [2.75, 3.05) is 18.0 Å². The summed E-state index contributed by atoms with van der Waals surface area (Å²) in [5, 5.41) is 12.1. The fraction of sp³-hybridized carbons (Fsp3) is 0.350. The second-order valence-corrected chi connectivity index (χ2v) is 8.89. The number of ether oxygens (including phenoxy) is 1. The predicted molar refractivity (Wildman–Crippen MR) is 112 cm³/mol. The van der Waals surface area contributed by atoms with Crippen molar-refractivity contribution in [1.29, 1.82) is 0 Å². The van der Waals surface area contributed by atoms with Gasteiger partial charge in [-0.05, 0) is 12.1 Å². The van der Waals surface area contributed by atoms with Gasteiger partial charge in [0.05, 0.1) is 28.8 Å². The van der Waals surface area contributed by atoms with Crippen molar-refractivity contribution < 1.29 is 27.8 Å². The number of anilines is 1. The second-order valence-electron chi connectivity index (χ2n) is 7.02. The van der Waals surface area contributed by atoms with Crippen molar-refractivity contribution in [3.63, 3.8) is 0 Å². The Kier molecular flexibility index (Phi) is 6.15.